The van der Waals surface area contributed by atoms with Crippen LogP contribution < -0.4 is 10.6 Å². The van der Waals surface area contributed by atoms with E-state index in [1.165, 1.54) is 4.90 Å². The Labute approximate surface area is 230 Å². The van der Waals surface area contributed by atoms with Crippen LogP contribution in [0.3, 0.4) is 0 Å². The first kappa shape index (κ1) is 29.2. The van der Waals surface area contributed by atoms with Gasteiger partial charge in [0.25, 0.3) is 5.91 Å². The maximum Gasteiger partial charge on any atom is 0.408 e. The van der Waals surface area contributed by atoms with E-state index in [4.69, 9.17) is 11.2 Å². The van der Waals surface area contributed by atoms with E-state index in [2.05, 4.69) is 16.6 Å². The van der Waals surface area contributed by atoms with Gasteiger partial charge in [0.1, 0.15) is 17.7 Å². The SMILES string of the molecule is C#Cc1ccccc1C(C(=O)Nc1ccc2ccccc2c1)N(C(=O)C(C)NC(=O)OC(C)(C)C)C(C)CC. The predicted octanol–water partition coefficient (Wildman–Crippen LogP) is 6.04. The number of benzene rings is 3. The zero-order valence-electron chi connectivity index (χ0n) is 23.4. The standard InChI is InChI=1S/C32H37N3O4/c1-8-21(3)35(30(37)22(4)33-31(38)39-32(5,6)7)28(27-17-13-12-14-23(27)9-2)29(36)34-26-19-18-24-15-10-11-16-25(24)20-26/h2,10-22,28H,8H2,1,3-7H3,(H,33,38)(H,34,36). The van der Waals surface area contributed by atoms with Gasteiger partial charge in [-0.05, 0) is 75.6 Å². The minimum Gasteiger partial charge on any atom is -0.444 e. The largest absolute Gasteiger partial charge is 0.444 e. The van der Waals surface area contributed by atoms with Crippen molar-refractivity contribution < 1.29 is 19.1 Å². The summed E-state index contributed by atoms with van der Waals surface area (Å²) in [4.78, 5) is 41.9. The molecule has 204 valence electrons. The van der Waals surface area contributed by atoms with Crippen LogP contribution in [-0.4, -0.2) is 40.5 Å². The summed E-state index contributed by atoms with van der Waals surface area (Å²) >= 11 is 0. The zero-order valence-corrected chi connectivity index (χ0v) is 23.4. The van der Waals surface area contributed by atoms with Crippen LogP contribution >= 0.6 is 0 Å². The van der Waals surface area contributed by atoms with Crippen LogP contribution in [0.15, 0.2) is 66.7 Å². The van der Waals surface area contributed by atoms with Crippen LogP contribution in [-0.2, 0) is 14.3 Å². The molecule has 3 amide bonds. The maximum absolute atomic E-state index is 14.0. The summed E-state index contributed by atoms with van der Waals surface area (Å²) < 4.78 is 5.34. The number of hydrogen-bond donors (Lipinski definition) is 2. The van der Waals surface area contributed by atoms with Gasteiger partial charge in [-0.1, -0.05) is 61.4 Å². The highest BCUT2D eigenvalue weighted by molar-refractivity contribution is 6.00. The second-order valence-electron chi connectivity index (χ2n) is 10.6. The molecule has 3 aromatic carbocycles. The van der Waals surface area contributed by atoms with Gasteiger partial charge in [0, 0.05) is 17.3 Å². The average Bonchev–Trinajstić information content (AvgIpc) is 2.89. The van der Waals surface area contributed by atoms with E-state index in [-0.39, 0.29) is 6.04 Å². The van der Waals surface area contributed by atoms with Crippen LogP contribution in [0.4, 0.5) is 10.5 Å². The topological polar surface area (TPSA) is 87.7 Å². The van der Waals surface area contributed by atoms with E-state index in [9.17, 15) is 14.4 Å². The van der Waals surface area contributed by atoms with Crippen LogP contribution in [0.5, 0.6) is 0 Å². The highest BCUT2D eigenvalue weighted by atomic mass is 16.6. The van der Waals surface area contributed by atoms with E-state index in [1.54, 1.807) is 52.0 Å². The van der Waals surface area contributed by atoms with E-state index in [0.29, 0.717) is 23.2 Å². The summed E-state index contributed by atoms with van der Waals surface area (Å²) in [7, 11) is 0. The Kier molecular flexibility index (Phi) is 9.37. The number of amides is 3. The smallest absolute Gasteiger partial charge is 0.408 e. The first-order valence-corrected chi connectivity index (χ1v) is 13.1. The molecule has 0 saturated carbocycles. The summed E-state index contributed by atoms with van der Waals surface area (Å²) in [6.07, 6.45) is 5.67. The lowest BCUT2D eigenvalue weighted by atomic mass is 9.95. The Bertz CT molecular complexity index is 1390. The number of alkyl carbamates (subject to hydrolysis) is 1. The summed E-state index contributed by atoms with van der Waals surface area (Å²) in [5.41, 5.74) is 0.900. The molecule has 3 atom stereocenters. The highest BCUT2D eigenvalue weighted by Gasteiger charge is 2.38. The maximum atomic E-state index is 14.0. The zero-order chi connectivity index (χ0) is 28.7. The number of terminal acetylenes is 1. The second kappa shape index (κ2) is 12.5. The van der Waals surface area contributed by atoms with Crippen LogP contribution in [0, 0.1) is 12.3 Å². The van der Waals surface area contributed by atoms with Crippen LogP contribution in [0.1, 0.15) is 65.1 Å². The summed E-state index contributed by atoms with van der Waals surface area (Å²) in [5.74, 6) is 1.81. The predicted molar refractivity (Wildman–Crippen MR) is 155 cm³/mol. The normalized spacial score (nSPS) is 13.5. The molecule has 0 bridgehead atoms. The molecule has 3 aromatic rings. The molecular formula is C32H37N3O4. The van der Waals surface area contributed by atoms with Crippen molar-refractivity contribution >= 4 is 34.4 Å². The Hall–Kier alpha value is -4.31. The summed E-state index contributed by atoms with van der Waals surface area (Å²) in [5, 5.41) is 7.63. The van der Waals surface area contributed by atoms with Gasteiger partial charge in [0.15, 0.2) is 0 Å². The number of anilines is 1. The van der Waals surface area contributed by atoms with Crippen molar-refractivity contribution in [1.82, 2.24) is 10.2 Å². The third kappa shape index (κ3) is 7.38. The molecule has 2 N–H and O–H groups in total. The second-order valence-corrected chi connectivity index (χ2v) is 10.6. The number of nitrogens with one attached hydrogen (secondary N) is 2. The van der Waals surface area contributed by atoms with Gasteiger partial charge in [0.2, 0.25) is 5.91 Å². The van der Waals surface area contributed by atoms with E-state index in [1.807, 2.05) is 56.3 Å². The fourth-order valence-electron chi connectivity index (χ4n) is 4.33. The molecule has 0 saturated heterocycles. The van der Waals surface area contributed by atoms with Crippen molar-refractivity contribution in [3.8, 4) is 12.3 Å². The fourth-order valence-corrected chi connectivity index (χ4v) is 4.33. The Morgan fingerprint density at radius 3 is 2.26 bits per heavy atom. The number of carbonyl (C=O) groups excluding carboxylic acids is 3. The van der Waals surface area contributed by atoms with Gasteiger partial charge in [-0.3, -0.25) is 9.59 Å². The molecule has 0 heterocycles. The van der Waals surface area contributed by atoms with Crippen molar-refractivity contribution in [2.75, 3.05) is 5.32 Å². The van der Waals surface area contributed by atoms with E-state index in [0.717, 1.165) is 10.8 Å². The molecular weight excluding hydrogens is 490 g/mol. The Morgan fingerprint density at radius 1 is 0.974 bits per heavy atom. The summed E-state index contributed by atoms with van der Waals surface area (Å²) in [6.45, 7) is 10.6. The van der Waals surface area contributed by atoms with Crippen molar-refractivity contribution in [2.24, 2.45) is 0 Å². The number of fused-ring (bicyclic) bond motifs is 1. The lowest BCUT2D eigenvalue weighted by Gasteiger charge is -2.38. The molecule has 0 aliphatic carbocycles. The number of rotatable bonds is 8. The third-order valence-corrected chi connectivity index (χ3v) is 6.38. The van der Waals surface area contributed by atoms with Crippen molar-refractivity contribution in [2.45, 2.75) is 71.7 Å². The van der Waals surface area contributed by atoms with Crippen LogP contribution in [0.2, 0.25) is 0 Å². The first-order chi connectivity index (χ1) is 18.4. The highest BCUT2D eigenvalue weighted by Crippen LogP contribution is 2.30. The van der Waals surface area contributed by atoms with Crippen molar-refractivity contribution in [3.05, 3.63) is 77.9 Å². The lowest BCUT2D eigenvalue weighted by Crippen LogP contribution is -2.54. The molecule has 7 nitrogen and oxygen atoms in total. The Balaban J connectivity index is 2.03. The van der Waals surface area contributed by atoms with Gasteiger partial charge in [-0.25, -0.2) is 4.79 Å². The molecule has 3 unspecified atom stereocenters. The van der Waals surface area contributed by atoms with Crippen molar-refractivity contribution in [1.29, 1.82) is 0 Å². The molecule has 0 aliphatic rings. The number of ether oxygens (including phenoxy) is 1. The molecule has 0 spiro atoms. The quantitative estimate of drug-likeness (QED) is 0.350. The number of hydrogen-bond acceptors (Lipinski definition) is 4. The van der Waals surface area contributed by atoms with Gasteiger partial charge in [-0.15, -0.1) is 6.42 Å². The molecule has 3 rings (SSSR count). The number of nitrogens with zero attached hydrogens (tertiary/aromatic N) is 1. The summed E-state index contributed by atoms with van der Waals surface area (Å²) in [6, 6.07) is 18.2. The molecule has 0 radical (unpaired) electrons. The minimum absolute atomic E-state index is 0.349. The first-order valence-electron chi connectivity index (χ1n) is 13.1. The molecule has 0 aliphatic heterocycles. The van der Waals surface area contributed by atoms with Crippen molar-refractivity contribution in [3.63, 3.8) is 0 Å². The molecule has 39 heavy (non-hydrogen) atoms. The lowest BCUT2D eigenvalue weighted by molar-refractivity contribution is -0.143. The average molecular weight is 528 g/mol. The molecule has 0 aromatic heterocycles. The van der Waals surface area contributed by atoms with Gasteiger partial charge in [0.05, 0.1) is 0 Å². The van der Waals surface area contributed by atoms with Crippen LogP contribution in [0.25, 0.3) is 10.8 Å². The van der Waals surface area contributed by atoms with E-state index >= 15 is 0 Å². The van der Waals surface area contributed by atoms with Gasteiger partial charge in [-0.2, -0.15) is 0 Å². The molecule has 0 fully saturated rings. The monoisotopic (exact) mass is 527 g/mol. The van der Waals surface area contributed by atoms with Gasteiger partial charge >= 0.3 is 6.09 Å². The van der Waals surface area contributed by atoms with Gasteiger partial charge < -0.3 is 20.3 Å². The minimum atomic E-state index is -1.05. The number of carbonyl (C=O) groups is 3. The van der Waals surface area contributed by atoms with E-state index < -0.39 is 35.6 Å². The fraction of sp³-hybridized carbons (Fsp3) is 0.344. The third-order valence-electron chi connectivity index (χ3n) is 6.38. The Morgan fingerprint density at radius 2 is 1.62 bits per heavy atom. The molecule has 7 heteroatoms.